The molecular formula is C16H11BrO3S. The summed E-state index contributed by atoms with van der Waals surface area (Å²) in [5.74, 6) is -0.565. The van der Waals surface area contributed by atoms with E-state index in [1.807, 2.05) is 35.7 Å². The van der Waals surface area contributed by atoms with Gasteiger partial charge in [-0.15, -0.1) is 11.3 Å². The molecule has 2 aromatic carbocycles. The first kappa shape index (κ1) is 14.1. The van der Waals surface area contributed by atoms with Crippen molar-refractivity contribution in [3.05, 3.63) is 62.8 Å². The highest BCUT2D eigenvalue weighted by Crippen LogP contribution is 2.31. The molecule has 1 aromatic heterocycles. The molecule has 5 heteroatoms. The summed E-state index contributed by atoms with van der Waals surface area (Å²) < 4.78 is 6.84. The summed E-state index contributed by atoms with van der Waals surface area (Å²) in [5, 5.41) is 13.1. The second kappa shape index (κ2) is 5.87. The van der Waals surface area contributed by atoms with E-state index in [2.05, 4.69) is 15.9 Å². The molecule has 0 saturated heterocycles. The zero-order valence-electron chi connectivity index (χ0n) is 10.9. The van der Waals surface area contributed by atoms with E-state index in [9.17, 15) is 9.90 Å². The maximum absolute atomic E-state index is 11.4. The van der Waals surface area contributed by atoms with Crippen LogP contribution in [0.15, 0.2) is 51.6 Å². The van der Waals surface area contributed by atoms with E-state index >= 15 is 0 Å². The molecule has 0 spiro atoms. The molecule has 0 atom stereocenters. The van der Waals surface area contributed by atoms with Gasteiger partial charge in [0.25, 0.3) is 0 Å². The lowest BCUT2D eigenvalue weighted by atomic mass is 10.1. The number of ether oxygens (including phenoxy) is 1. The van der Waals surface area contributed by atoms with Gasteiger partial charge in [-0.1, -0.05) is 30.3 Å². The predicted octanol–water partition coefficient (Wildman–Crippen LogP) is 4.94. The number of rotatable bonds is 4. The first-order valence-corrected chi connectivity index (χ1v) is 7.93. The van der Waals surface area contributed by atoms with Gasteiger partial charge in [-0.3, -0.25) is 0 Å². The Hall–Kier alpha value is -1.85. The van der Waals surface area contributed by atoms with Gasteiger partial charge in [0, 0.05) is 10.9 Å². The number of carbonyl (C=O) groups is 1. The molecule has 0 fully saturated rings. The zero-order chi connectivity index (χ0) is 14.8. The average molecular weight is 363 g/mol. The standard InChI is InChI=1S/C16H11BrO3S/c17-14-7-10(9-21-14)8-20-15-12-4-2-1-3-11(12)5-6-13(15)16(18)19/h1-7,9H,8H2,(H,18,19). The maximum atomic E-state index is 11.4. The third kappa shape index (κ3) is 2.94. The third-order valence-corrected chi connectivity index (χ3v) is 4.67. The van der Waals surface area contributed by atoms with Crippen LogP contribution in [0.5, 0.6) is 5.75 Å². The van der Waals surface area contributed by atoms with Crippen molar-refractivity contribution in [3.63, 3.8) is 0 Å². The van der Waals surface area contributed by atoms with Gasteiger partial charge in [-0.2, -0.15) is 0 Å². The minimum Gasteiger partial charge on any atom is -0.487 e. The van der Waals surface area contributed by atoms with Crippen molar-refractivity contribution in [3.8, 4) is 5.75 Å². The molecule has 3 aromatic rings. The fourth-order valence-corrected chi connectivity index (χ4v) is 3.34. The van der Waals surface area contributed by atoms with Crippen LogP contribution in [-0.2, 0) is 6.61 Å². The molecule has 21 heavy (non-hydrogen) atoms. The Kier molecular flexibility index (Phi) is 3.94. The minimum absolute atomic E-state index is 0.183. The van der Waals surface area contributed by atoms with Crippen LogP contribution in [0.25, 0.3) is 10.8 Å². The summed E-state index contributed by atoms with van der Waals surface area (Å²) in [4.78, 5) is 11.4. The van der Waals surface area contributed by atoms with E-state index in [-0.39, 0.29) is 5.56 Å². The molecule has 0 bridgehead atoms. The molecule has 3 rings (SSSR count). The largest absolute Gasteiger partial charge is 0.487 e. The number of halogens is 1. The van der Waals surface area contributed by atoms with Crippen LogP contribution in [0, 0.1) is 0 Å². The van der Waals surface area contributed by atoms with Crippen LogP contribution in [0.2, 0.25) is 0 Å². The topological polar surface area (TPSA) is 46.5 Å². The number of benzene rings is 2. The second-order valence-corrected chi connectivity index (χ2v) is 6.81. The first-order chi connectivity index (χ1) is 10.1. The van der Waals surface area contributed by atoms with Crippen LogP contribution >= 0.6 is 27.3 Å². The minimum atomic E-state index is -0.984. The molecule has 3 nitrogen and oxygen atoms in total. The summed E-state index contributed by atoms with van der Waals surface area (Å²) in [6, 6.07) is 13.0. The Labute approximate surface area is 133 Å². The van der Waals surface area contributed by atoms with Crippen molar-refractivity contribution in [2.45, 2.75) is 6.61 Å². The molecule has 0 amide bonds. The van der Waals surface area contributed by atoms with Gasteiger partial charge in [-0.25, -0.2) is 4.79 Å². The van der Waals surface area contributed by atoms with Gasteiger partial charge >= 0.3 is 5.97 Å². The van der Waals surface area contributed by atoms with Gasteiger partial charge < -0.3 is 9.84 Å². The van der Waals surface area contributed by atoms with Crippen LogP contribution < -0.4 is 4.74 Å². The van der Waals surface area contributed by atoms with E-state index in [1.165, 1.54) is 0 Å². The molecule has 0 unspecified atom stereocenters. The smallest absolute Gasteiger partial charge is 0.339 e. The molecule has 0 aliphatic rings. The normalized spacial score (nSPS) is 10.7. The summed E-state index contributed by atoms with van der Waals surface area (Å²) in [6.45, 7) is 0.344. The molecule has 0 aliphatic carbocycles. The van der Waals surface area contributed by atoms with Gasteiger partial charge in [0.05, 0.1) is 3.79 Å². The van der Waals surface area contributed by atoms with Crippen LogP contribution in [-0.4, -0.2) is 11.1 Å². The van der Waals surface area contributed by atoms with Gasteiger partial charge in [0.2, 0.25) is 0 Å². The second-order valence-electron chi connectivity index (χ2n) is 4.52. The predicted molar refractivity (Wildman–Crippen MR) is 87.3 cm³/mol. The summed E-state index contributed by atoms with van der Waals surface area (Å²) in [7, 11) is 0. The van der Waals surface area contributed by atoms with Gasteiger partial charge in [0.15, 0.2) is 0 Å². The summed E-state index contributed by atoms with van der Waals surface area (Å²) >= 11 is 4.98. The number of aromatic carboxylic acids is 1. The molecule has 0 radical (unpaired) electrons. The third-order valence-electron chi connectivity index (χ3n) is 3.11. The monoisotopic (exact) mass is 362 g/mol. The van der Waals surface area contributed by atoms with Crippen LogP contribution in [0.4, 0.5) is 0 Å². The lowest BCUT2D eigenvalue weighted by molar-refractivity contribution is 0.0692. The number of fused-ring (bicyclic) bond motifs is 1. The van der Waals surface area contributed by atoms with Crippen molar-refractivity contribution in [1.29, 1.82) is 0 Å². The zero-order valence-corrected chi connectivity index (χ0v) is 13.3. The quantitative estimate of drug-likeness (QED) is 0.714. The number of hydrogen-bond acceptors (Lipinski definition) is 3. The summed E-state index contributed by atoms with van der Waals surface area (Å²) in [5.41, 5.74) is 1.19. The van der Waals surface area contributed by atoms with Gasteiger partial charge in [0.1, 0.15) is 17.9 Å². The van der Waals surface area contributed by atoms with E-state index in [4.69, 9.17) is 4.74 Å². The van der Waals surface area contributed by atoms with Crippen LogP contribution in [0.1, 0.15) is 15.9 Å². The number of thiophene rings is 1. The van der Waals surface area contributed by atoms with Crippen molar-refractivity contribution in [1.82, 2.24) is 0 Å². The lowest BCUT2D eigenvalue weighted by Gasteiger charge is -2.11. The lowest BCUT2D eigenvalue weighted by Crippen LogP contribution is -2.03. The number of hydrogen-bond donors (Lipinski definition) is 1. The fraction of sp³-hybridized carbons (Fsp3) is 0.0625. The van der Waals surface area contributed by atoms with Crippen molar-refractivity contribution >= 4 is 44.0 Å². The van der Waals surface area contributed by atoms with Gasteiger partial charge in [-0.05, 0) is 38.8 Å². The molecule has 1 heterocycles. The highest BCUT2D eigenvalue weighted by molar-refractivity contribution is 9.11. The van der Waals surface area contributed by atoms with E-state index in [0.717, 1.165) is 20.1 Å². The molecule has 0 saturated carbocycles. The summed E-state index contributed by atoms with van der Waals surface area (Å²) in [6.07, 6.45) is 0. The van der Waals surface area contributed by atoms with Crippen LogP contribution in [0.3, 0.4) is 0 Å². The Morgan fingerprint density at radius 2 is 2.05 bits per heavy atom. The molecule has 1 N–H and O–H groups in total. The number of carboxylic acids is 1. The number of carboxylic acid groups (broad SMARTS) is 1. The Morgan fingerprint density at radius 3 is 2.76 bits per heavy atom. The molecular weight excluding hydrogens is 352 g/mol. The molecule has 106 valence electrons. The van der Waals surface area contributed by atoms with E-state index in [0.29, 0.717) is 12.4 Å². The highest BCUT2D eigenvalue weighted by Gasteiger charge is 2.15. The fourth-order valence-electron chi connectivity index (χ4n) is 2.14. The SMILES string of the molecule is O=C(O)c1ccc2ccccc2c1OCc1csc(Br)c1. The van der Waals surface area contributed by atoms with Crippen molar-refractivity contribution < 1.29 is 14.6 Å². The highest BCUT2D eigenvalue weighted by atomic mass is 79.9. The maximum Gasteiger partial charge on any atom is 0.339 e. The van der Waals surface area contributed by atoms with E-state index < -0.39 is 5.97 Å². The first-order valence-electron chi connectivity index (χ1n) is 6.26. The Bertz CT molecular complexity index is 810. The Morgan fingerprint density at radius 1 is 1.24 bits per heavy atom. The molecule has 0 aliphatic heterocycles. The van der Waals surface area contributed by atoms with Crippen molar-refractivity contribution in [2.24, 2.45) is 0 Å². The van der Waals surface area contributed by atoms with Crippen molar-refractivity contribution in [2.75, 3.05) is 0 Å². The Balaban J connectivity index is 2.01. The average Bonchev–Trinajstić information content (AvgIpc) is 2.90. The van der Waals surface area contributed by atoms with E-state index in [1.54, 1.807) is 23.5 Å².